The lowest BCUT2D eigenvalue weighted by atomic mass is 9.88. The van der Waals surface area contributed by atoms with Crippen molar-refractivity contribution in [1.29, 1.82) is 0 Å². The second-order valence-electron chi connectivity index (χ2n) is 8.56. The molecule has 9 heteroatoms. The third kappa shape index (κ3) is 5.57. The summed E-state index contributed by atoms with van der Waals surface area (Å²) in [4.78, 5) is 44.4. The molecule has 0 unspecified atom stereocenters. The molecule has 4 rings (SSSR count). The van der Waals surface area contributed by atoms with E-state index in [1.54, 1.807) is 26.8 Å². The van der Waals surface area contributed by atoms with E-state index in [-0.39, 0.29) is 23.2 Å². The van der Waals surface area contributed by atoms with E-state index in [0.717, 1.165) is 11.1 Å². The molecule has 0 aliphatic rings. The van der Waals surface area contributed by atoms with E-state index in [4.69, 9.17) is 0 Å². The maximum Gasteiger partial charge on any atom is 0.314 e. The summed E-state index contributed by atoms with van der Waals surface area (Å²) in [7, 11) is 0. The van der Waals surface area contributed by atoms with E-state index in [1.165, 1.54) is 4.68 Å². The number of rotatable bonds is 7. The molecule has 4 aromatic rings. The quantitative estimate of drug-likeness (QED) is 0.348. The molecule has 0 spiro atoms. The van der Waals surface area contributed by atoms with Gasteiger partial charge in [0.2, 0.25) is 5.95 Å². The van der Waals surface area contributed by atoms with Gasteiger partial charge in [-0.25, -0.2) is 4.98 Å². The van der Waals surface area contributed by atoms with Gasteiger partial charge in [-0.15, -0.1) is 0 Å². The van der Waals surface area contributed by atoms with Gasteiger partial charge in [0.1, 0.15) is 5.82 Å². The number of carbonyl (C=O) groups excluding carboxylic acids is 2. The Hall–Kier alpha value is -4.53. The van der Waals surface area contributed by atoms with Gasteiger partial charge in [0, 0.05) is 29.8 Å². The molecule has 3 N–H and O–H groups in total. The second-order valence-corrected chi connectivity index (χ2v) is 8.56. The number of nitrogens with zero attached hydrogens (tertiary/aromatic N) is 3. The summed E-state index contributed by atoms with van der Waals surface area (Å²) in [5, 5.41) is 9.58. The number of H-pyrrole nitrogens is 1. The molecular formula is C27H28N6O3. The molecule has 0 atom stereocenters. The van der Waals surface area contributed by atoms with E-state index in [9.17, 15) is 14.4 Å². The molecule has 2 aromatic carbocycles. The SMILES string of the molecule is Cc1cc(NC(=O)C(=O)NCCC(c2ccccc2)c2ccccc2)n(-c2nc(C)c(C)c(=O)[nH]2)n1. The molecule has 2 aromatic heterocycles. The summed E-state index contributed by atoms with van der Waals surface area (Å²) in [6.45, 7) is 5.43. The molecule has 2 heterocycles. The molecule has 36 heavy (non-hydrogen) atoms. The monoisotopic (exact) mass is 484 g/mol. The lowest BCUT2D eigenvalue weighted by Gasteiger charge is -2.18. The fourth-order valence-corrected chi connectivity index (χ4v) is 3.96. The van der Waals surface area contributed by atoms with Gasteiger partial charge in [-0.1, -0.05) is 60.7 Å². The van der Waals surface area contributed by atoms with Crippen molar-refractivity contribution in [2.75, 3.05) is 11.9 Å². The van der Waals surface area contributed by atoms with Crippen LogP contribution in [-0.2, 0) is 9.59 Å². The number of hydrogen-bond donors (Lipinski definition) is 3. The summed E-state index contributed by atoms with van der Waals surface area (Å²) < 4.78 is 1.30. The minimum atomic E-state index is -0.835. The first kappa shape index (κ1) is 24.6. The minimum absolute atomic E-state index is 0.0764. The van der Waals surface area contributed by atoms with E-state index >= 15 is 0 Å². The van der Waals surface area contributed by atoms with Crippen molar-refractivity contribution in [3.8, 4) is 5.95 Å². The number of aromatic amines is 1. The Bertz CT molecular complexity index is 1390. The van der Waals surface area contributed by atoms with Crippen LogP contribution in [0.5, 0.6) is 0 Å². The minimum Gasteiger partial charge on any atom is -0.348 e. The summed E-state index contributed by atoms with van der Waals surface area (Å²) in [5.74, 6) is -1.14. The number of hydrogen-bond acceptors (Lipinski definition) is 5. The van der Waals surface area contributed by atoms with Crippen molar-refractivity contribution in [1.82, 2.24) is 25.1 Å². The lowest BCUT2D eigenvalue weighted by molar-refractivity contribution is -0.136. The fourth-order valence-electron chi connectivity index (χ4n) is 3.96. The van der Waals surface area contributed by atoms with Crippen LogP contribution in [0.2, 0.25) is 0 Å². The third-order valence-electron chi connectivity index (χ3n) is 5.98. The first-order chi connectivity index (χ1) is 17.3. The summed E-state index contributed by atoms with van der Waals surface area (Å²) >= 11 is 0. The van der Waals surface area contributed by atoms with Crippen LogP contribution in [0.3, 0.4) is 0 Å². The standard InChI is InChI=1S/C27H28N6O3/c1-17-16-23(33(32-17)27-29-19(3)18(2)24(34)31-27)30-26(36)25(35)28-15-14-22(20-10-6-4-7-11-20)21-12-8-5-9-13-21/h4-13,16,22H,14-15H2,1-3H3,(H,28,35)(H,30,36)(H,29,31,34). The molecule has 184 valence electrons. The van der Waals surface area contributed by atoms with Crippen molar-refractivity contribution in [3.05, 3.63) is 105 Å². The van der Waals surface area contributed by atoms with Crippen LogP contribution in [0.4, 0.5) is 5.82 Å². The van der Waals surface area contributed by atoms with Crippen LogP contribution in [0.1, 0.15) is 40.4 Å². The van der Waals surface area contributed by atoms with E-state index in [0.29, 0.717) is 29.9 Å². The van der Waals surface area contributed by atoms with Gasteiger partial charge in [-0.3, -0.25) is 19.4 Å². The molecule has 2 amide bonds. The highest BCUT2D eigenvalue weighted by Crippen LogP contribution is 2.27. The number of nitrogens with one attached hydrogen (secondary N) is 3. The van der Waals surface area contributed by atoms with E-state index < -0.39 is 11.8 Å². The average molecular weight is 485 g/mol. The zero-order chi connectivity index (χ0) is 25.7. The Morgan fingerprint density at radius 3 is 2.14 bits per heavy atom. The predicted molar refractivity (Wildman–Crippen MR) is 137 cm³/mol. The predicted octanol–water partition coefficient (Wildman–Crippen LogP) is 3.16. The molecular weight excluding hydrogens is 456 g/mol. The van der Waals surface area contributed by atoms with Crippen molar-refractivity contribution in [2.45, 2.75) is 33.1 Å². The largest absolute Gasteiger partial charge is 0.348 e. The normalized spacial score (nSPS) is 10.9. The summed E-state index contributed by atoms with van der Waals surface area (Å²) in [6.07, 6.45) is 0.623. The molecule has 9 nitrogen and oxygen atoms in total. The Morgan fingerprint density at radius 2 is 1.56 bits per heavy atom. The maximum absolute atomic E-state index is 12.7. The van der Waals surface area contributed by atoms with Gasteiger partial charge in [0.25, 0.3) is 5.56 Å². The number of aryl methyl sites for hydroxylation is 2. The topological polar surface area (TPSA) is 122 Å². The van der Waals surface area contributed by atoms with Crippen LogP contribution in [0, 0.1) is 20.8 Å². The van der Waals surface area contributed by atoms with E-state index in [2.05, 4.69) is 50.0 Å². The van der Waals surface area contributed by atoms with Crippen LogP contribution < -0.4 is 16.2 Å². The highest BCUT2D eigenvalue weighted by Gasteiger charge is 2.20. The number of amides is 2. The first-order valence-corrected chi connectivity index (χ1v) is 11.7. The number of benzene rings is 2. The van der Waals surface area contributed by atoms with Gasteiger partial charge < -0.3 is 10.6 Å². The molecule has 0 aliphatic heterocycles. The Balaban J connectivity index is 1.43. The maximum atomic E-state index is 12.7. The van der Waals surface area contributed by atoms with Crippen LogP contribution >= 0.6 is 0 Å². The lowest BCUT2D eigenvalue weighted by Crippen LogP contribution is -2.37. The zero-order valence-corrected chi connectivity index (χ0v) is 20.4. The molecule has 0 saturated carbocycles. The zero-order valence-electron chi connectivity index (χ0n) is 20.4. The fraction of sp³-hybridized carbons (Fsp3) is 0.222. The van der Waals surface area contributed by atoms with Gasteiger partial charge in [-0.05, 0) is 38.3 Å². The van der Waals surface area contributed by atoms with Crippen molar-refractivity contribution >= 4 is 17.6 Å². The Kier molecular flexibility index (Phi) is 7.39. The third-order valence-corrected chi connectivity index (χ3v) is 5.98. The summed E-state index contributed by atoms with van der Waals surface area (Å²) in [5.41, 5.74) is 3.60. The van der Waals surface area contributed by atoms with Gasteiger partial charge in [0.15, 0.2) is 0 Å². The molecule has 0 saturated heterocycles. The average Bonchev–Trinajstić information content (AvgIpc) is 3.25. The van der Waals surface area contributed by atoms with Crippen LogP contribution in [0.15, 0.2) is 71.5 Å². The van der Waals surface area contributed by atoms with Gasteiger partial charge in [0.05, 0.1) is 5.69 Å². The van der Waals surface area contributed by atoms with Crippen LogP contribution in [0.25, 0.3) is 5.95 Å². The van der Waals surface area contributed by atoms with Gasteiger partial charge in [-0.2, -0.15) is 9.78 Å². The molecule has 0 aliphatic carbocycles. The van der Waals surface area contributed by atoms with Crippen molar-refractivity contribution in [3.63, 3.8) is 0 Å². The van der Waals surface area contributed by atoms with Gasteiger partial charge >= 0.3 is 11.8 Å². The van der Waals surface area contributed by atoms with E-state index in [1.807, 2.05) is 36.4 Å². The Morgan fingerprint density at radius 1 is 0.944 bits per heavy atom. The molecule has 0 fully saturated rings. The van der Waals surface area contributed by atoms with Crippen LogP contribution in [-0.4, -0.2) is 38.1 Å². The summed E-state index contributed by atoms with van der Waals surface area (Å²) in [6, 6.07) is 21.7. The highest BCUT2D eigenvalue weighted by atomic mass is 16.2. The Labute approximate surface area is 208 Å². The number of aromatic nitrogens is 4. The molecule has 0 radical (unpaired) electrons. The smallest absolute Gasteiger partial charge is 0.314 e. The van der Waals surface area contributed by atoms with Crippen molar-refractivity contribution < 1.29 is 9.59 Å². The van der Waals surface area contributed by atoms with Crippen molar-refractivity contribution in [2.24, 2.45) is 0 Å². The molecule has 0 bridgehead atoms. The number of carbonyl (C=O) groups is 2. The second kappa shape index (κ2) is 10.8. The highest BCUT2D eigenvalue weighted by molar-refractivity contribution is 6.39. The number of anilines is 1. The first-order valence-electron chi connectivity index (χ1n) is 11.7.